The number of allylic oxidation sites excluding steroid dienone is 2. The van der Waals surface area contributed by atoms with Crippen molar-refractivity contribution in [2.75, 3.05) is 0 Å². The maximum atomic E-state index is 12.5. The summed E-state index contributed by atoms with van der Waals surface area (Å²) in [7, 11) is 0. The van der Waals surface area contributed by atoms with Gasteiger partial charge in [0.05, 0.1) is 0 Å². The van der Waals surface area contributed by atoms with Gasteiger partial charge in [-0.3, -0.25) is 4.79 Å². The molecule has 0 N–H and O–H groups in total. The van der Waals surface area contributed by atoms with Crippen LogP contribution in [0.3, 0.4) is 0 Å². The van der Waals surface area contributed by atoms with E-state index in [1.54, 1.807) is 6.08 Å². The van der Waals surface area contributed by atoms with Gasteiger partial charge in [-0.05, 0) is 29.5 Å². The quantitative estimate of drug-likeness (QED) is 0.259. The molecule has 0 fully saturated rings. The number of rotatable bonds is 13. The Morgan fingerprint density at radius 1 is 0.786 bits per heavy atom. The van der Waals surface area contributed by atoms with Crippen molar-refractivity contribution < 1.29 is 4.79 Å². The molecule has 0 amide bonds. The van der Waals surface area contributed by atoms with Crippen LogP contribution in [0.15, 0.2) is 72.8 Å². The van der Waals surface area contributed by atoms with Crippen LogP contribution < -0.4 is 0 Å². The average molecular weight is 375 g/mol. The molecular formula is C27H34O. The molecule has 0 spiro atoms. The zero-order chi connectivity index (χ0) is 19.9. The molecule has 1 atom stereocenters. The van der Waals surface area contributed by atoms with Crippen molar-refractivity contribution in [2.45, 2.75) is 58.3 Å². The topological polar surface area (TPSA) is 17.1 Å². The monoisotopic (exact) mass is 374 g/mol. The van der Waals surface area contributed by atoms with E-state index in [0.29, 0.717) is 12.3 Å². The minimum Gasteiger partial charge on any atom is -0.295 e. The highest BCUT2D eigenvalue weighted by molar-refractivity contribution is 5.93. The second kappa shape index (κ2) is 13.7. The number of carbonyl (C=O) groups excluding carboxylic acids is 1. The molecule has 28 heavy (non-hydrogen) atoms. The Labute approximate surface area is 171 Å². The summed E-state index contributed by atoms with van der Waals surface area (Å²) in [6, 6.07) is 20.4. The van der Waals surface area contributed by atoms with Crippen LogP contribution in [0.5, 0.6) is 0 Å². The lowest BCUT2D eigenvalue weighted by Crippen LogP contribution is -2.04. The number of carbonyl (C=O) groups is 1. The summed E-state index contributed by atoms with van der Waals surface area (Å²) in [5.74, 6) is 0.511. The standard InChI is InChI=1S/C27H34O/c1-2-3-4-5-6-9-18-26(20-19-24-14-10-7-11-15-24)23-27(28)22-21-25-16-12-8-13-17-25/h7-8,10-17,19-22,26H,2-6,9,18,23H2,1H3/b20-19+,22-21+/t26-/m1/s1. The number of ketones is 1. The van der Waals surface area contributed by atoms with E-state index in [0.717, 1.165) is 12.0 Å². The van der Waals surface area contributed by atoms with Crippen molar-refractivity contribution in [1.82, 2.24) is 0 Å². The van der Waals surface area contributed by atoms with Gasteiger partial charge < -0.3 is 0 Å². The van der Waals surface area contributed by atoms with Gasteiger partial charge in [0.15, 0.2) is 5.78 Å². The van der Waals surface area contributed by atoms with Crippen molar-refractivity contribution in [3.63, 3.8) is 0 Å². The van der Waals surface area contributed by atoms with Gasteiger partial charge in [-0.15, -0.1) is 0 Å². The molecular weight excluding hydrogens is 340 g/mol. The molecule has 2 aromatic rings. The highest BCUT2D eigenvalue weighted by atomic mass is 16.1. The van der Waals surface area contributed by atoms with Crippen LogP contribution in [0.2, 0.25) is 0 Å². The Balaban J connectivity index is 1.89. The first kappa shape index (κ1) is 21.9. The molecule has 0 radical (unpaired) electrons. The number of hydrogen-bond donors (Lipinski definition) is 0. The first-order chi connectivity index (χ1) is 13.8. The smallest absolute Gasteiger partial charge is 0.156 e. The fourth-order valence-electron chi connectivity index (χ4n) is 3.34. The Morgan fingerprint density at radius 3 is 2.00 bits per heavy atom. The molecule has 2 rings (SSSR count). The molecule has 0 aromatic heterocycles. The SMILES string of the molecule is CCCCCCCC[C@H](/C=C/c1ccccc1)CC(=O)/C=C/c1ccccc1. The van der Waals surface area contributed by atoms with Crippen molar-refractivity contribution in [3.8, 4) is 0 Å². The van der Waals surface area contributed by atoms with Gasteiger partial charge >= 0.3 is 0 Å². The van der Waals surface area contributed by atoms with Crippen LogP contribution in [-0.2, 0) is 4.79 Å². The van der Waals surface area contributed by atoms with E-state index in [1.165, 1.54) is 44.1 Å². The first-order valence-electron chi connectivity index (χ1n) is 10.8. The fourth-order valence-corrected chi connectivity index (χ4v) is 3.34. The van der Waals surface area contributed by atoms with Crippen molar-refractivity contribution in [1.29, 1.82) is 0 Å². The molecule has 0 heterocycles. The van der Waals surface area contributed by atoms with Gasteiger partial charge in [-0.25, -0.2) is 0 Å². The number of benzene rings is 2. The highest BCUT2D eigenvalue weighted by Crippen LogP contribution is 2.19. The molecule has 0 saturated heterocycles. The predicted molar refractivity (Wildman–Crippen MR) is 122 cm³/mol. The summed E-state index contributed by atoms with van der Waals surface area (Å²) in [6.45, 7) is 2.25. The maximum Gasteiger partial charge on any atom is 0.156 e. The normalized spacial score (nSPS) is 12.6. The molecule has 1 heteroatoms. The average Bonchev–Trinajstić information content (AvgIpc) is 2.74. The molecule has 0 saturated carbocycles. The Hall–Kier alpha value is -2.41. The van der Waals surface area contributed by atoms with Crippen LogP contribution in [-0.4, -0.2) is 5.78 Å². The summed E-state index contributed by atoms with van der Waals surface area (Å²) < 4.78 is 0. The summed E-state index contributed by atoms with van der Waals surface area (Å²) in [6.07, 6.45) is 17.4. The predicted octanol–water partition coefficient (Wildman–Crippen LogP) is 7.74. The second-order valence-electron chi connectivity index (χ2n) is 7.50. The van der Waals surface area contributed by atoms with E-state index < -0.39 is 0 Å². The Bertz CT molecular complexity index is 712. The summed E-state index contributed by atoms with van der Waals surface area (Å²) >= 11 is 0. The van der Waals surface area contributed by atoms with Crippen LogP contribution in [0, 0.1) is 5.92 Å². The van der Waals surface area contributed by atoms with Gasteiger partial charge in [-0.2, -0.15) is 0 Å². The third-order valence-electron chi connectivity index (χ3n) is 5.01. The minimum absolute atomic E-state index is 0.206. The molecule has 0 bridgehead atoms. The van der Waals surface area contributed by atoms with Gasteiger partial charge in [0.2, 0.25) is 0 Å². The van der Waals surface area contributed by atoms with Crippen LogP contribution in [0.4, 0.5) is 0 Å². The van der Waals surface area contributed by atoms with E-state index in [4.69, 9.17) is 0 Å². The van der Waals surface area contributed by atoms with E-state index in [-0.39, 0.29) is 5.78 Å². The van der Waals surface area contributed by atoms with Crippen LogP contribution in [0.1, 0.15) is 69.4 Å². The summed E-state index contributed by atoms with van der Waals surface area (Å²) in [5, 5.41) is 0. The first-order valence-corrected chi connectivity index (χ1v) is 10.8. The van der Waals surface area contributed by atoms with Crippen molar-refractivity contribution >= 4 is 17.9 Å². The lowest BCUT2D eigenvalue weighted by atomic mass is 9.93. The van der Waals surface area contributed by atoms with E-state index in [2.05, 4.69) is 43.3 Å². The van der Waals surface area contributed by atoms with Crippen molar-refractivity contribution in [2.24, 2.45) is 5.92 Å². The lowest BCUT2D eigenvalue weighted by molar-refractivity contribution is -0.115. The second-order valence-corrected chi connectivity index (χ2v) is 7.50. The summed E-state index contributed by atoms with van der Waals surface area (Å²) in [4.78, 5) is 12.5. The van der Waals surface area contributed by atoms with Gasteiger partial charge in [0.25, 0.3) is 0 Å². The van der Waals surface area contributed by atoms with E-state index in [1.807, 2.05) is 42.5 Å². The molecule has 0 unspecified atom stereocenters. The molecule has 148 valence electrons. The third kappa shape index (κ3) is 9.50. The van der Waals surface area contributed by atoms with Crippen molar-refractivity contribution in [3.05, 3.63) is 83.9 Å². The lowest BCUT2D eigenvalue weighted by Gasteiger charge is -2.11. The van der Waals surface area contributed by atoms with Crippen LogP contribution >= 0.6 is 0 Å². The molecule has 2 aromatic carbocycles. The molecule has 0 aliphatic heterocycles. The third-order valence-corrected chi connectivity index (χ3v) is 5.01. The zero-order valence-electron chi connectivity index (χ0n) is 17.2. The largest absolute Gasteiger partial charge is 0.295 e. The van der Waals surface area contributed by atoms with E-state index >= 15 is 0 Å². The fraction of sp³-hybridized carbons (Fsp3) is 0.370. The van der Waals surface area contributed by atoms with E-state index in [9.17, 15) is 4.79 Å². The molecule has 1 nitrogen and oxygen atoms in total. The van der Waals surface area contributed by atoms with Gasteiger partial charge in [0.1, 0.15) is 0 Å². The maximum absolute atomic E-state index is 12.5. The summed E-state index contributed by atoms with van der Waals surface area (Å²) in [5.41, 5.74) is 2.27. The Morgan fingerprint density at radius 2 is 1.36 bits per heavy atom. The Kier molecular flexibility index (Phi) is 10.7. The zero-order valence-corrected chi connectivity index (χ0v) is 17.2. The van der Waals surface area contributed by atoms with Gasteiger partial charge in [0, 0.05) is 6.42 Å². The van der Waals surface area contributed by atoms with Gasteiger partial charge in [-0.1, -0.05) is 124 Å². The minimum atomic E-state index is 0.206. The molecule has 0 aliphatic carbocycles. The van der Waals surface area contributed by atoms with Crippen LogP contribution in [0.25, 0.3) is 12.2 Å². The number of unbranched alkanes of at least 4 members (excludes halogenated alkanes) is 5. The molecule has 0 aliphatic rings. The highest BCUT2D eigenvalue weighted by Gasteiger charge is 2.09. The number of hydrogen-bond acceptors (Lipinski definition) is 1.